The molecular weight excluding hydrogens is 354 g/mol. The van der Waals surface area contributed by atoms with E-state index in [-0.39, 0.29) is 11.8 Å². The van der Waals surface area contributed by atoms with E-state index in [1.807, 2.05) is 34.1 Å². The summed E-state index contributed by atoms with van der Waals surface area (Å²) in [5, 5.41) is 2.62. The number of piperazine rings is 1. The number of rotatable bonds is 3. The minimum Gasteiger partial charge on any atom is -0.339 e. The van der Waals surface area contributed by atoms with Gasteiger partial charge in [-0.05, 0) is 18.1 Å². The second-order valence-corrected chi connectivity index (χ2v) is 7.52. The smallest absolute Gasteiger partial charge is 0.262 e. The molecule has 6 nitrogen and oxygen atoms in total. The summed E-state index contributed by atoms with van der Waals surface area (Å²) < 4.78 is 26.6. The maximum atomic E-state index is 13.3. The Kier molecular flexibility index (Phi) is 4.86. The highest BCUT2D eigenvalue weighted by Crippen LogP contribution is 2.28. The van der Waals surface area contributed by atoms with E-state index in [4.69, 9.17) is 0 Å². The molecule has 3 aliphatic rings. The third-order valence-corrected chi connectivity index (χ3v) is 5.64. The number of nitrogens with zero attached hydrogens (tertiary/aromatic N) is 3. The average Bonchev–Trinajstić information content (AvgIpc) is 3.25. The van der Waals surface area contributed by atoms with Crippen LogP contribution in [0.15, 0.2) is 24.3 Å². The summed E-state index contributed by atoms with van der Waals surface area (Å²) in [6.45, 7) is 2.68. The Morgan fingerprint density at radius 3 is 2.56 bits per heavy atom. The first kappa shape index (κ1) is 18.3. The monoisotopic (exact) mass is 378 g/mol. The number of halogens is 2. The Balaban J connectivity index is 1.28. The van der Waals surface area contributed by atoms with Gasteiger partial charge < -0.3 is 9.80 Å². The van der Waals surface area contributed by atoms with Crippen molar-refractivity contribution in [2.75, 3.05) is 50.7 Å². The zero-order chi connectivity index (χ0) is 19.0. The molecule has 0 bridgehead atoms. The number of fused-ring (bicyclic) bond motifs is 1. The molecule has 4 rings (SSSR count). The van der Waals surface area contributed by atoms with Crippen LogP contribution in [0.25, 0.3) is 0 Å². The first-order chi connectivity index (χ1) is 12.9. The zero-order valence-corrected chi connectivity index (χ0v) is 15.2. The van der Waals surface area contributed by atoms with Gasteiger partial charge >= 0.3 is 0 Å². The molecule has 1 aromatic carbocycles. The van der Waals surface area contributed by atoms with Crippen molar-refractivity contribution in [1.82, 2.24) is 15.1 Å². The van der Waals surface area contributed by atoms with E-state index in [9.17, 15) is 18.4 Å². The average molecular weight is 378 g/mol. The van der Waals surface area contributed by atoms with Gasteiger partial charge in [0, 0.05) is 44.8 Å². The Morgan fingerprint density at radius 2 is 1.85 bits per heavy atom. The molecule has 2 fully saturated rings. The second-order valence-electron chi connectivity index (χ2n) is 7.52. The molecule has 0 saturated carbocycles. The van der Waals surface area contributed by atoms with Gasteiger partial charge in [0.15, 0.2) is 0 Å². The lowest BCUT2D eigenvalue weighted by atomic mass is 10.1. The van der Waals surface area contributed by atoms with Crippen molar-refractivity contribution in [1.29, 1.82) is 0 Å². The van der Waals surface area contributed by atoms with Crippen LogP contribution in [0.1, 0.15) is 12.0 Å². The highest BCUT2D eigenvalue weighted by atomic mass is 19.3. The van der Waals surface area contributed by atoms with E-state index in [2.05, 4.69) is 5.32 Å². The van der Waals surface area contributed by atoms with Gasteiger partial charge in [0.1, 0.15) is 0 Å². The molecular formula is C19H24F2N4O2. The fourth-order valence-electron chi connectivity index (χ4n) is 4.11. The fourth-order valence-corrected chi connectivity index (χ4v) is 4.11. The molecule has 0 aliphatic carbocycles. The van der Waals surface area contributed by atoms with Crippen LogP contribution in [0.3, 0.4) is 0 Å². The van der Waals surface area contributed by atoms with Gasteiger partial charge in [-0.2, -0.15) is 0 Å². The molecule has 0 aromatic heterocycles. The first-order valence-electron chi connectivity index (χ1n) is 9.44. The molecule has 1 unspecified atom stereocenters. The van der Waals surface area contributed by atoms with Crippen LogP contribution >= 0.6 is 0 Å². The van der Waals surface area contributed by atoms with Crippen LogP contribution in [0.2, 0.25) is 0 Å². The largest absolute Gasteiger partial charge is 0.339 e. The standard InChI is InChI=1S/C19H24F2N4O2/c20-19(21)11-15(22-13-19)18(27)24-9-7-23(8-10-24)12-17(26)25-6-5-14-3-1-2-4-16(14)25/h1-4,15,22H,5-13H2. The van der Waals surface area contributed by atoms with Crippen molar-refractivity contribution >= 4 is 17.5 Å². The summed E-state index contributed by atoms with van der Waals surface area (Å²) in [5.41, 5.74) is 2.19. The summed E-state index contributed by atoms with van der Waals surface area (Å²) in [4.78, 5) is 30.6. The highest BCUT2D eigenvalue weighted by molar-refractivity contribution is 5.96. The van der Waals surface area contributed by atoms with Gasteiger partial charge in [0.05, 0.1) is 19.1 Å². The third kappa shape index (κ3) is 3.82. The number of carbonyl (C=O) groups excluding carboxylic acids is 2. The Labute approximate surface area is 157 Å². The molecule has 0 radical (unpaired) electrons. The van der Waals surface area contributed by atoms with Crippen LogP contribution in [0.4, 0.5) is 14.5 Å². The second kappa shape index (κ2) is 7.16. The van der Waals surface area contributed by atoms with Crippen LogP contribution in [0.5, 0.6) is 0 Å². The van der Waals surface area contributed by atoms with E-state index in [0.717, 1.165) is 12.1 Å². The van der Waals surface area contributed by atoms with E-state index in [0.29, 0.717) is 39.3 Å². The van der Waals surface area contributed by atoms with Gasteiger partial charge in [0.2, 0.25) is 11.8 Å². The van der Waals surface area contributed by atoms with E-state index in [1.165, 1.54) is 5.56 Å². The summed E-state index contributed by atoms with van der Waals surface area (Å²) in [7, 11) is 0. The van der Waals surface area contributed by atoms with Gasteiger partial charge in [-0.25, -0.2) is 8.78 Å². The van der Waals surface area contributed by atoms with Crippen molar-refractivity contribution in [3.8, 4) is 0 Å². The van der Waals surface area contributed by atoms with Crippen LogP contribution in [0, 0.1) is 0 Å². The number of anilines is 1. The van der Waals surface area contributed by atoms with Crippen molar-refractivity contribution in [2.24, 2.45) is 0 Å². The predicted molar refractivity (Wildman–Crippen MR) is 96.9 cm³/mol. The van der Waals surface area contributed by atoms with Crippen molar-refractivity contribution in [3.63, 3.8) is 0 Å². The van der Waals surface area contributed by atoms with E-state index < -0.39 is 24.9 Å². The number of benzene rings is 1. The Morgan fingerprint density at radius 1 is 1.11 bits per heavy atom. The number of nitrogens with one attached hydrogen (secondary N) is 1. The minimum absolute atomic E-state index is 0.0665. The lowest BCUT2D eigenvalue weighted by Gasteiger charge is -2.36. The molecule has 27 heavy (non-hydrogen) atoms. The minimum atomic E-state index is -2.80. The van der Waals surface area contributed by atoms with Crippen molar-refractivity contribution in [2.45, 2.75) is 24.8 Å². The number of amides is 2. The molecule has 1 atom stereocenters. The summed E-state index contributed by atoms with van der Waals surface area (Å²) in [6.07, 6.45) is 0.447. The van der Waals surface area contributed by atoms with Gasteiger partial charge in [-0.1, -0.05) is 18.2 Å². The Hall–Kier alpha value is -2.06. The number of para-hydroxylation sites is 1. The van der Waals surface area contributed by atoms with E-state index >= 15 is 0 Å². The molecule has 3 aliphatic heterocycles. The van der Waals surface area contributed by atoms with Crippen molar-refractivity contribution in [3.05, 3.63) is 29.8 Å². The lowest BCUT2D eigenvalue weighted by Crippen LogP contribution is -2.54. The number of carbonyl (C=O) groups is 2. The predicted octanol–water partition coefficient (Wildman–Crippen LogP) is 0.717. The fraction of sp³-hybridized carbons (Fsp3) is 0.579. The number of hydrogen-bond acceptors (Lipinski definition) is 4. The molecule has 2 amide bonds. The maximum Gasteiger partial charge on any atom is 0.262 e. The number of alkyl halides is 2. The quantitative estimate of drug-likeness (QED) is 0.842. The first-order valence-corrected chi connectivity index (χ1v) is 9.44. The highest BCUT2D eigenvalue weighted by Gasteiger charge is 2.43. The van der Waals surface area contributed by atoms with Crippen molar-refractivity contribution < 1.29 is 18.4 Å². The maximum absolute atomic E-state index is 13.3. The van der Waals surface area contributed by atoms with Crippen LogP contribution < -0.4 is 10.2 Å². The summed E-state index contributed by atoms with van der Waals surface area (Å²) in [6, 6.07) is 7.15. The molecule has 146 valence electrons. The summed E-state index contributed by atoms with van der Waals surface area (Å²) in [5.74, 6) is -3.00. The molecule has 2 saturated heterocycles. The summed E-state index contributed by atoms with van der Waals surface area (Å²) >= 11 is 0. The molecule has 1 aromatic rings. The van der Waals surface area contributed by atoms with Gasteiger partial charge in [-0.15, -0.1) is 0 Å². The Bertz CT molecular complexity index is 734. The molecule has 8 heteroatoms. The SMILES string of the molecule is O=C(C1CC(F)(F)CN1)N1CCN(CC(=O)N2CCc3ccccc32)CC1. The number of hydrogen-bond donors (Lipinski definition) is 1. The molecule has 1 N–H and O–H groups in total. The zero-order valence-electron chi connectivity index (χ0n) is 15.2. The lowest BCUT2D eigenvalue weighted by molar-refractivity contribution is -0.135. The molecule has 0 spiro atoms. The normalized spacial score (nSPS) is 24.9. The van der Waals surface area contributed by atoms with E-state index in [1.54, 1.807) is 4.90 Å². The van der Waals surface area contributed by atoms with Crippen LogP contribution in [-0.4, -0.2) is 79.4 Å². The van der Waals surface area contributed by atoms with Gasteiger partial charge in [0.25, 0.3) is 5.92 Å². The van der Waals surface area contributed by atoms with Crippen LogP contribution in [-0.2, 0) is 16.0 Å². The topological polar surface area (TPSA) is 55.9 Å². The third-order valence-electron chi connectivity index (χ3n) is 5.64. The molecule has 3 heterocycles. The van der Waals surface area contributed by atoms with Gasteiger partial charge in [-0.3, -0.25) is 19.8 Å².